The molecule has 0 aliphatic carbocycles. The van der Waals surface area contributed by atoms with Gasteiger partial charge < -0.3 is 9.88 Å². The van der Waals surface area contributed by atoms with Crippen LogP contribution in [0.2, 0.25) is 5.02 Å². The van der Waals surface area contributed by atoms with E-state index >= 15 is 0 Å². The number of anilines is 1. The van der Waals surface area contributed by atoms with Gasteiger partial charge in [-0.2, -0.15) is 0 Å². The summed E-state index contributed by atoms with van der Waals surface area (Å²) in [4.78, 5) is 12.5. The van der Waals surface area contributed by atoms with Gasteiger partial charge in [-0.1, -0.05) is 29.8 Å². The highest BCUT2D eigenvalue weighted by Gasteiger charge is 2.26. The van der Waals surface area contributed by atoms with Gasteiger partial charge in [-0.15, -0.1) is 0 Å². The molecular weight excluding hydrogens is 410 g/mol. The van der Waals surface area contributed by atoms with Gasteiger partial charge in [0.05, 0.1) is 22.0 Å². The van der Waals surface area contributed by atoms with Crippen molar-refractivity contribution in [1.82, 2.24) is 9.88 Å². The van der Waals surface area contributed by atoms with Gasteiger partial charge in [-0.05, 0) is 48.6 Å². The van der Waals surface area contributed by atoms with Gasteiger partial charge in [0.15, 0.2) is 0 Å². The van der Waals surface area contributed by atoms with Crippen LogP contribution in [-0.2, 0) is 16.6 Å². The molecule has 0 atom stereocenters. The molecule has 1 N–H and O–H groups in total. The molecule has 1 aliphatic heterocycles. The van der Waals surface area contributed by atoms with E-state index in [4.69, 9.17) is 11.6 Å². The number of fused-ring (bicyclic) bond motifs is 1. The van der Waals surface area contributed by atoms with E-state index in [1.165, 1.54) is 4.31 Å². The van der Waals surface area contributed by atoms with Gasteiger partial charge >= 0.3 is 0 Å². The van der Waals surface area contributed by atoms with Crippen molar-refractivity contribution in [2.75, 3.05) is 23.1 Å². The largest absolute Gasteiger partial charge is 0.350 e. The number of benzene rings is 2. The Hall–Kier alpha value is -2.51. The fraction of sp³-hybridized carbons (Fsp3) is 0.286. The van der Waals surface area contributed by atoms with Crippen molar-refractivity contribution in [3.8, 4) is 0 Å². The molecule has 0 saturated carbocycles. The molecule has 0 spiro atoms. The molecule has 4 rings (SSSR count). The van der Waals surface area contributed by atoms with E-state index in [1.807, 2.05) is 36.5 Å². The minimum atomic E-state index is -3.31. The Morgan fingerprint density at radius 2 is 1.93 bits per heavy atom. The van der Waals surface area contributed by atoms with Crippen molar-refractivity contribution < 1.29 is 13.2 Å². The van der Waals surface area contributed by atoms with E-state index in [0.29, 0.717) is 37.3 Å². The molecule has 2 heterocycles. The number of hydrogen-bond acceptors (Lipinski definition) is 3. The molecule has 1 amide bonds. The van der Waals surface area contributed by atoms with E-state index < -0.39 is 10.0 Å². The van der Waals surface area contributed by atoms with Crippen LogP contribution in [0.1, 0.15) is 23.2 Å². The molecule has 0 radical (unpaired) electrons. The third-order valence-electron chi connectivity index (χ3n) is 5.15. The molecule has 1 aromatic heterocycles. The quantitative estimate of drug-likeness (QED) is 0.670. The molecule has 1 saturated heterocycles. The minimum Gasteiger partial charge on any atom is -0.350 e. The van der Waals surface area contributed by atoms with Gasteiger partial charge in [0.2, 0.25) is 10.0 Å². The zero-order valence-corrected chi connectivity index (χ0v) is 17.4. The summed E-state index contributed by atoms with van der Waals surface area (Å²) in [5.41, 5.74) is 1.96. The fourth-order valence-electron chi connectivity index (χ4n) is 3.64. The highest BCUT2D eigenvalue weighted by atomic mass is 35.5. The molecule has 1 fully saturated rings. The molecule has 0 bridgehead atoms. The number of sulfonamides is 1. The summed E-state index contributed by atoms with van der Waals surface area (Å²) in [5.74, 6) is -0.138. The van der Waals surface area contributed by atoms with Gasteiger partial charge in [0.1, 0.15) is 0 Å². The van der Waals surface area contributed by atoms with Crippen LogP contribution in [0.4, 0.5) is 5.69 Å². The summed E-state index contributed by atoms with van der Waals surface area (Å²) in [6.45, 7) is 1.53. The van der Waals surface area contributed by atoms with E-state index in [2.05, 4.69) is 9.88 Å². The number of halogens is 1. The van der Waals surface area contributed by atoms with Crippen molar-refractivity contribution in [3.63, 3.8) is 0 Å². The first kappa shape index (κ1) is 19.8. The Bertz CT molecular complexity index is 1160. The molecular formula is C21H22ClN3O3S. The number of nitrogens with zero attached hydrogens (tertiary/aromatic N) is 2. The third kappa shape index (κ3) is 4.11. The Morgan fingerprint density at radius 3 is 2.72 bits per heavy atom. The molecule has 6 nitrogen and oxygen atoms in total. The third-order valence-corrected chi connectivity index (χ3v) is 7.34. The van der Waals surface area contributed by atoms with Crippen molar-refractivity contribution in [1.29, 1.82) is 0 Å². The number of aromatic nitrogens is 1. The lowest BCUT2D eigenvalue weighted by Gasteiger charge is -2.28. The van der Waals surface area contributed by atoms with E-state index in [0.717, 1.165) is 17.3 Å². The molecule has 3 aromatic rings. The maximum absolute atomic E-state index is 12.5. The lowest BCUT2D eigenvalue weighted by molar-refractivity contribution is 0.0952. The number of para-hydroxylation sites is 1. The van der Waals surface area contributed by atoms with Gasteiger partial charge in [0.25, 0.3) is 5.91 Å². The van der Waals surface area contributed by atoms with Crippen molar-refractivity contribution in [2.24, 2.45) is 0 Å². The van der Waals surface area contributed by atoms with E-state index in [9.17, 15) is 13.2 Å². The maximum atomic E-state index is 12.5. The average molecular weight is 432 g/mol. The summed E-state index contributed by atoms with van der Waals surface area (Å²) in [6, 6.07) is 14.9. The van der Waals surface area contributed by atoms with Crippen LogP contribution in [0.3, 0.4) is 0 Å². The second kappa shape index (κ2) is 8.08. The Morgan fingerprint density at radius 1 is 1.10 bits per heavy atom. The van der Waals surface area contributed by atoms with Crippen LogP contribution in [-0.4, -0.2) is 37.7 Å². The number of carbonyl (C=O) groups excluding carboxylic acids is 1. The summed E-state index contributed by atoms with van der Waals surface area (Å²) in [7, 11) is -3.31. The maximum Gasteiger partial charge on any atom is 0.252 e. The molecule has 152 valence electrons. The minimum absolute atomic E-state index is 0.140. The van der Waals surface area contributed by atoms with Crippen LogP contribution in [0.25, 0.3) is 10.9 Å². The van der Waals surface area contributed by atoms with Crippen molar-refractivity contribution in [3.05, 3.63) is 65.3 Å². The summed E-state index contributed by atoms with van der Waals surface area (Å²) in [5, 5.41) is 4.28. The fourth-order valence-corrected chi connectivity index (χ4v) is 5.53. The topological polar surface area (TPSA) is 71.4 Å². The first-order chi connectivity index (χ1) is 14.0. The standard InChI is InChI=1S/C21H22ClN3O3S/c22-19-15-17(25-11-3-4-14-29(25,27)28)7-8-18(19)21(26)23-10-13-24-12-9-16-5-1-2-6-20(16)24/h1-2,5-9,12,15H,3-4,10-11,13-14H2,(H,23,26). The van der Waals surface area contributed by atoms with Crippen LogP contribution < -0.4 is 9.62 Å². The molecule has 0 unspecified atom stereocenters. The smallest absolute Gasteiger partial charge is 0.252 e. The normalized spacial score (nSPS) is 16.1. The summed E-state index contributed by atoms with van der Waals surface area (Å²) >= 11 is 6.31. The summed E-state index contributed by atoms with van der Waals surface area (Å²) < 4.78 is 28.0. The highest BCUT2D eigenvalue weighted by molar-refractivity contribution is 7.92. The van der Waals surface area contributed by atoms with Crippen LogP contribution >= 0.6 is 11.6 Å². The number of amides is 1. The van der Waals surface area contributed by atoms with Crippen LogP contribution in [0, 0.1) is 0 Å². The van der Waals surface area contributed by atoms with Crippen molar-refractivity contribution in [2.45, 2.75) is 19.4 Å². The Kier molecular flexibility index (Phi) is 5.52. The number of rotatable bonds is 5. The SMILES string of the molecule is O=C(NCCn1ccc2ccccc21)c1ccc(N2CCCCS2(=O)=O)cc1Cl. The lowest BCUT2D eigenvalue weighted by atomic mass is 10.2. The van der Waals surface area contributed by atoms with E-state index in [-0.39, 0.29) is 16.7 Å². The first-order valence-corrected chi connectivity index (χ1v) is 11.6. The van der Waals surface area contributed by atoms with Gasteiger partial charge in [-0.25, -0.2) is 8.42 Å². The average Bonchev–Trinajstić information content (AvgIpc) is 3.11. The van der Waals surface area contributed by atoms with E-state index in [1.54, 1.807) is 18.2 Å². The predicted octanol–water partition coefficient (Wildman–Crippen LogP) is 3.65. The zero-order chi connectivity index (χ0) is 20.4. The lowest BCUT2D eigenvalue weighted by Crippen LogP contribution is -2.37. The Balaban J connectivity index is 1.42. The number of carbonyl (C=O) groups is 1. The summed E-state index contributed by atoms with van der Waals surface area (Å²) in [6.07, 6.45) is 3.48. The molecule has 2 aromatic carbocycles. The van der Waals surface area contributed by atoms with Crippen LogP contribution in [0.5, 0.6) is 0 Å². The first-order valence-electron chi connectivity index (χ1n) is 9.58. The molecule has 8 heteroatoms. The Labute approximate surface area is 175 Å². The number of hydrogen-bond donors (Lipinski definition) is 1. The molecule has 29 heavy (non-hydrogen) atoms. The van der Waals surface area contributed by atoms with Gasteiger partial charge in [-0.3, -0.25) is 9.10 Å². The van der Waals surface area contributed by atoms with Crippen LogP contribution in [0.15, 0.2) is 54.7 Å². The van der Waals surface area contributed by atoms with Gasteiger partial charge in [0, 0.05) is 31.3 Å². The zero-order valence-electron chi connectivity index (χ0n) is 15.8. The second-order valence-electron chi connectivity index (χ2n) is 7.08. The molecule has 1 aliphatic rings. The highest BCUT2D eigenvalue weighted by Crippen LogP contribution is 2.28. The monoisotopic (exact) mass is 431 g/mol. The van der Waals surface area contributed by atoms with Crippen molar-refractivity contribution >= 4 is 44.1 Å². The number of nitrogens with one attached hydrogen (secondary N) is 1. The predicted molar refractivity (Wildman–Crippen MR) is 116 cm³/mol. The second-order valence-corrected chi connectivity index (χ2v) is 9.50.